The molecule has 0 aromatic rings. The molecule has 17 heavy (non-hydrogen) atoms. The molecule has 1 aliphatic rings. The predicted octanol–water partition coefficient (Wildman–Crippen LogP) is 1.88. The Bertz CT molecular complexity index is 299. The number of rotatable bonds is 4. The lowest BCUT2D eigenvalue weighted by molar-refractivity contribution is -0.147. The Morgan fingerprint density at radius 1 is 1.35 bits per heavy atom. The van der Waals surface area contributed by atoms with Gasteiger partial charge in [0.15, 0.2) is 0 Å². The van der Waals surface area contributed by atoms with Gasteiger partial charge in [0, 0.05) is 0 Å². The second kappa shape index (κ2) is 4.58. The highest BCUT2D eigenvalue weighted by Gasteiger charge is 2.57. The third-order valence-electron chi connectivity index (χ3n) is 3.64. The average Bonchev–Trinajstić information content (AvgIpc) is 2.31. The molecule has 0 saturated carbocycles. The van der Waals surface area contributed by atoms with Crippen molar-refractivity contribution < 1.29 is 14.3 Å². The molecule has 4 nitrogen and oxygen atoms in total. The van der Waals surface area contributed by atoms with Crippen molar-refractivity contribution in [3.05, 3.63) is 0 Å². The van der Waals surface area contributed by atoms with Crippen LogP contribution in [0.25, 0.3) is 0 Å². The van der Waals surface area contributed by atoms with Gasteiger partial charge in [-0.05, 0) is 48.1 Å². The highest BCUT2D eigenvalue weighted by Crippen LogP contribution is 2.46. The van der Waals surface area contributed by atoms with E-state index in [9.17, 15) is 4.79 Å². The lowest BCUT2D eigenvalue weighted by Crippen LogP contribution is -2.57. The molecular formula is C13H25NO3. The molecule has 1 atom stereocenters. The summed E-state index contributed by atoms with van der Waals surface area (Å²) in [6.45, 7) is 10.4. The van der Waals surface area contributed by atoms with E-state index >= 15 is 0 Å². The number of hydrogen-bond acceptors (Lipinski definition) is 4. The highest BCUT2D eigenvalue weighted by molar-refractivity contribution is 5.71. The molecular weight excluding hydrogens is 218 g/mol. The van der Waals surface area contributed by atoms with E-state index in [2.05, 4.69) is 19.2 Å². The molecule has 0 bridgehead atoms. The summed E-state index contributed by atoms with van der Waals surface area (Å²) < 4.78 is 11.1. The van der Waals surface area contributed by atoms with Crippen LogP contribution in [0.3, 0.4) is 0 Å². The molecule has 0 aliphatic carbocycles. The van der Waals surface area contributed by atoms with Gasteiger partial charge in [-0.2, -0.15) is 0 Å². The molecule has 1 unspecified atom stereocenters. The third kappa shape index (κ3) is 2.80. The molecule has 1 heterocycles. The van der Waals surface area contributed by atoms with Crippen LogP contribution >= 0.6 is 0 Å². The average molecular weight is 243 g/mol. The van der Waals surface area contributed by atoms with E-state index in [1.807, 2.05) is 27.8 Å². The van der Waals surface area contributed by atoms with Crippen LogP contribution in [-0.2, 0) is 14.3 Å². The second-order valence-electron chi connectivity index (χ2n) is 5.86. The second-order valence-corrected chi connectivity index (χ2v) is 5.86. The summed E-state index contributed by atoms with van der Waals surface area (Å²) in [6.07, 6.45) is 1.14. The molecule has 0 amide bonds. The zero-order valence-electron chi connectivity index (χ0n) is 11.8. The molecule has 1 N–H and O–H groups in total. The third-order valence-corrected chi connectivity index (χ3v) is 3.64. The maximum absolute atomic E-state index is 11.7. The normalized spacial score (nSPS) is 30.2. The van der Waals surface area contributed by atoms with Gasteiger partial charge in [0.1, 0.15) is 0 Å². The predicted molar refractivity (Wildman–Crippen MR) is 66.9 cm³/mol. The SMILES string of the molecule is CCOC(=O)CC1(NC)CC(C)(C)OC1(C)C. The topological polar surface area (TPSA) is 47.6 Å². The number of carbonyl (C=O) groups excluding carboxylic acids is 1. The highest BCUT2D eigenvalue weighted by atomic mass is 16.5. The van der Waals surface area contributed by atoms with Crippen LogP contribution in [0.2, 0.25) is 0 Å². The monoisotopic (exact) mass is 243 g/mol. The standard InChI is InChI=1S/C13H25NO3/c1-7-16-10(15)8-13(14-6)9-11(2,3)17-12(13,4)5/h14H,7-9H2,1-6H3. The van der Waals surface area contributed by atoms with Crippen molar-refractivity contribution in [1.82, 2.24) is 5.32 Å². The van der Waals surface area contributed by atoms with E-state index in [1.165, 1.54) is 0 Å². The Kier molecular flexibility index (Phi) is 3.89. The van der Waals surface area contributed by atoms with E-state index in [1.54, 1.807) is 0 Å². The van der Waals surface area contributed by atoms with Gasteiger partial charge in [-0.1, -0.05) is 0 Å². The maximum Gasteiger partial charge on any atom is 0.307 e. The van der Waals surface area contributed by atoms with Gasteiger partial charge in [-0.15, -0.1) is 0 Å². The lowest BCUT2D eigenvalue weighted by Gasteiger charge is -2.39. The van der Waals surface area contributed by atoms with Gasteiger partial charge in [0.2, 0.25) is 0 Å². The van der Waals surface area contributed by atoms with Crippen molar-refractivity contribution in [2.24, 2.45) is 0 Å². The van der Waals surface area contributed by atoms with Crippen molar-refractivity contribution in [2.75, 3.05) is 13.7 Å². The van der Waals surface area contributed by atoms with Gasteiger partial charge in [-0.25, -0.2) is 0 Å². The first-order valence-electron chi connectivity index (χ1n) is 6.23. The summed E-state index contributed by atoms with van der Waals surface area (Å²) in [7, 11) is 1.88. The van der Waals surface area contributed by atoms with Crippen LogP contribution in [0.15, 0.2) is 0 Å². The number of hydrogen-bond donors (Lipinski definition) is 1. The Labute approximate surface area is 104 Å². The maximum atomic E-state index is 11.7. The molecule has 1 saturated heterocycles. The Morgan fingerprint density at radius 3 is 2.29 bits per heavy atom. The Morgan fingerprint density at radius 2 is 1.94 bits per heavy atom. The van der Waals surface area contributed by atoms with Crippen LogP contribution in [0.5, 0.6) is 0 Å². The molecule has 1 rings (SSSR count). The molecule has 100 valence electrons. The fourth-order valence-corrected chi connectivity index (χ4v) is 2.98. The minimum absolute atomic E-state index is 0.170. The number of esters is 1. The molecule has 0 aromatic carbocycles. The van der Waals surface area contributed by atoms with E-state index in [0.717, 1.165) is 6.42 Å². The fourth-order valence-electron chi connectivity index (χ4n) is 2.98. The molecule has 0 radical (unpaired) electrons. The lowest BCUT2D eigenvalue weighted by atomic mass is 9.76. The summed E-state index contributed by atoms with van der Waals surface area (Å²) in [6, 6.07) is 0. The van der Waals surface area contributed by atoms with Crippen molar-refractivity contribution in [2.45, 2.75) is 64.2 Å². The number of carbonyl (C=O) groups is 1. The molecule has 1 aliphatic heterocycles. The molecule has 4 heteroatoms. The van der Waals surface area contributed by atoms with Crippen LogP contribution in [0, 0.1) is 0 Å². The van der Waals surface area contributed by atoms with E-state index in [4.69, 9.17) is 9.47 Å². The van der Waals surface area contributed by atoms with Crippen LogP contribution < -0.4 is 5.32 Å². The summed E-state index contributed by atoms with van der Waals surface area (Å²) in [5.74, 6) is -0.170. The van der Waals surface area contributed by atoms with Gasteiger partial charge < -0.3 is 14.8 Å². The first-order chi connectivity index (χ1) is 7.68. The van der Waals surface area contributed by atoms with Crippen molar-refractivity contribution in [3.8, 4) is 0 Å². The van der Waals surface area contributed by atoms with E-state index < -0.39 is 5.60 Å². The largest absolute Gasteiger partial charge is 0.466 e. The number of likely N-dealkylation sites (N-methyl/N-ethyl adjacent to an activating group) is 1. The minimum atomic E-state index is -0.391. The molecule has 0 spiro atoms. The number of nitrogens with one attached hydrogen (secondary N) is 1. The zero-order chi connectivity index (χ0) is 13.3. The van der Waals surface area contributed by atoms with E-state index in [-0.39, 0.29) is 17.1 Å². The minimum Gasteiger partial charge on any atom is -0.466 e. The van der Waals surface area contributed by atoms with Crippen molar-refractivity contribution >= 4 is 5.97 Å². The van der Waals surface area contributed by atoms with Crippen molar-refractivity contribution in [3.63, 3.8) is 0 Å². The van der Waals surface area contributed by atoms with E-state index in [0.29, 0.717) is 13.0 Å². The van der Waals surface area contributed by atoms with Crippen LogP contribution in [0.4, 0.5) is 0 Å². The van der Waals surface area contributed by atoms with Gasteiger partial charge >= 0.3 is 5.97 Å². The first kappa shape index (κ1) is 14.5. The van der Waals surface area contributed by atoms with Gasteiger partial charge in [0.05, 0.1) is 29.8 Å². The fraction of sp³-hybridized carbons (Fsp3) is 0.923. The van der Waals surface area contributed by atoms with Gasteiger partial charge in [0.25, 0.3) is 0 Å². The van der Waals surface area contributed by atoms with Crippen molar-refractivity contribution in [1.29, 1.82) is 0 Å². The number of ether oxygens (including phenoxy) is 2. The first-order valence-corrected chi connectivity index (χ1v) is 6.23. The Balaban J connectivity index is 2.91. The summed E-state index contributed by atoms with van der Waals surface area (Å²) >= 11 is 0. The smallest absolute Gasteiger partial charge is 0.307 e. The summed E-state index contributed by atoms with van der Waals surface area (Å²) in [5.41, 5.74) is -0.972. The quantitative estimate of drug-likeness (QED) is 0.766. The zero-order valence-corrected chi connectivity index (χ0v) is 11.8. The van der Waals surface area contributed by atoms with Gasteiger partial charge in [-0.3, -0.25) is 4.79 Å². The van der Waals surface area contributed by atoms with Crippen LogP contribution in [-0.4, -0.2) is 36.4 Å². The molecule has 1 fully saturated rings. The van der Waals surface area contributed by atoms with Crippen LogP contribution in [0.1, 0.15) is 47.5 Å². The summed E-state index contributed by atoms with van der Waals surface area (Å²) in [5, 5.41) is 3.29. The molecule has 0 aromatic heterocycles. The summed E-state index contributed by atoms with van der Waals surface area (Å²) in [4.78, 5) is 11.7. The Hall–Kier alpha value is -0.610.